The van der Waals surface area contributed by atoms with Gasteiger partial charge in [-0.15, -0.1) is 0 Å². The number of nitrogens with one attached hydrogen (secondary N) is 2. The van der Waals surface area contributed by atoms with Gasteiger partial charge < -0.3 is 10.6 Å². The SMILES string of the molecule is CNC(=O)c1cc(Cl)cc(C)c1NC(=O)c1cc(C)nn1C(C)(C)C. The average molecular weight is 363 g/mol. The Hall–Kier alpha value is -2.34. The molecular formula is C18H23ClN4O2. The topological polar surface area (TPSA) is 76.0 Å². The van der Waals surface area contributed by atoms with E-state index in [0.717, 1.165) is 5.69 Å². The molecule has 0 saturated heterocycles. The Bertz CT molecular complexity index is 834. The molecule has 2 aromatic rings. The molecule has 7 heteroatoms. The standard InChI is InChI=1S/C18H23ClN4O2/c1-10-7-12(19)9-13(16(24)20-6)15(10)21-17(25)14-8-11(2)22-23(14)18(3,4)5/h7-9H,1-6H3,(H,20,24)(H,21,25). The molecule has 0 fully saturated rings. The number of aromatic nitrogens is 2. The monoisotopic (exact) mass is 362 g/mol. The van der Waals surface area contributed by atoms with Crippen molar-refractivity contribution in [2.45, 2.75) is 40.2 Å². The molecule has 2 N–H and O–H groups in total. The van der Waals surface area contributed by atoms with Crippen molar-refractivity contribution in [2.75, 3.05) is 12.4 Å². The number of anilines is 1. The van der Waals surface area contributed by atoms with Crippen LogP contribution in [0.15, 0.2) is 18.2 Å². The van der Waals surface area contributed by atoms with Gasteiger partial charge in [-0.3, -0.25) is 14.3 Å². The Morgan fingerprint density at radius 2 is 1.76 bits per heavy atom. The molecule has 2 amide bonds. The Balaban J connectivity index is 2.48. The second kappa shape index (κ2) is 6.88. The molecule has 0 unspecified atom stereocenters. The van der Waals surface area contributed by atoms with Crippen LogP contribution >= 0.6 is 11.6 Å². The molecule has 25 heavy (non-hydrogen) atoms. The fourth-order valence-electron chi connectivity index (χ4n) is 2.57. The van der Waals surface area contributed by atoms with Gasteiger partial charge in [-0.2, -0.15) is 5.10 Å². The van der Waals surface area contributed by atoms with E-state index in [-0.39, 0.29) is 17.4 Å². The zero-order chi connectivity index (χ0) is 18.9. The summed E-state index contributed by atoms with van der Waals surface area (Å²) >= 11 is 6.06. The van der Waals surface area contributed by atoms with E-state index in [1.807, 2.05) is 27.7 Å². The first-order chi connectivity index (χ1) is 11.5. The van der Waals surface area contributed by atoms with Crippen molar-refractivity contribution in [3.8, 4) is 0 Å². The van der Waals surface area contributed by atoms with Crippen molar-refractivity contribution in [3.05, 3.63) is 45.7 Å². The summed E-state index contributed by atoms with van der Waals surface area (Å²) in [6.07, 6.45) is 0. The molecule has 2 rings (SSSR count). The van der Waals surface area contributed by atoms with E-state index in [1.165, 1.54) is 13.1 Å². The Morgan fingerprint density at radius 1 is 1.12 bits per heavy atom. The van der Waals surface area contributed by atoms with E-state index in [2.05, 4.69) is 15.7 Å². The Morgan fingerprint density at radius 3 is 2.32 bits per heavy atom. The highest BCUT2D eigenvalue weighted by Crippen LogP contribution is 2.27. The molecule has 0 saturated carbocycles. The molecule has 1 heterocycles. The third-order valence-electron chi connectivity index (χ3n) is 3.71. The zero-order valence-corrected chi connectivity index (χ0v) is 16.1. The van der Waals surface area contributed by atoms with Gasteiger partial charge in [0.15, 0.2) is 0 Å². The molecule has 6 nitrogen and oxygen atoms in total. The van der Waals surface area contributed by atoms with E-state index < -0.39 is 0 Å². The molecule has 0 spiro atoms. The van der Waals surface area contributed by atoms with Crippen molar-refractivity contribution in [1.82, 2.24) is 15.1 Å². The lowest BCUT2D eigenvalue weighted by atomic mass is 10.1. The van der Waals surface area contributed by atoms with Crippen LogP contribution in [0.2, 0.25) is 5.02 Å². The summed E-state index contributed by atoms with van der Waals surface area (Å²) in [7, 11) is 1.53. The summed E-state index contributed by atoms with van der Waals surface area (Å²) in [4.78, 5) is 25.0. The van der Waals surface area contributed by atoms with E-state index in [4.69, 9.17) is 11.6 Å². The summed E-state index contributed by atoms with van der Waals surface area (Å²) in [5.41, 5.74) is 2.30. The molecular weight excluding hydrogens is 340 g/mol. The number of carbonyl (C=O) groups is 2. The number of hydrogen-bond donors (Lipinski definition) is 2. The predicted molar refractivity (Wildman–Crippen MR) is 99.5 cm³/mol. The minimum atomic E-state index is -0.348. The normalized spacial score (nSPS) is 11.3. The van der Waals surface area contributed by atoms with Gasteiger partial charge in [-0.05, 0) is 58.4 Å². The maximum atomic E-state index is 12.9. The highest BCUT2D eigenvalue weighted by Gasteiger charge is 2.24. The Kier molecular flexibility index (Phi) is 5.23. The maximum absolute atomic E-state index is 12.9. The van der Waals surface area contributed by atoms with Crippen LogP contribution in [0.3, 0.4) is 0 Å². The molecule has 0 aliphatic rings. The number of amides is 2. The van der Waals surface area contributed by atoms with Gasteiger partial charge in [0, 0.05) is 12.1 Å². The molecule has 0 aliphatic heterocycles. The quantitative estimate of drug-likeness (QED) is 0.877. The van der Waals surface area contributed by atoms with Gasteiger partial charge in [0.2, 0.25) is 0 Å². The van der Waals surface area contributed by atoms with Crippen LogP contribution in [-0.2, 0) is 5.54 Å². The smallest absolute Gasteiger partial charge is 0.273 e. The van der Waals surface area contributed by atoms with Crippen molar-refractivity contribution >= 4 is 29.1 Å². The molecule has 1 aromatic carbocycles. The molecule has 0 bridgehead atoms. The van der Waals surface area contributed by atoms with E-state index in [9.17, 15) is 9.59 Å². The number of halogens is 1. The summed E-state index contributed by atoms with van der Waals surface area (Å²) in [5, 5.41) is 10.3. The maximum Gasteiger partial charge on any atom is 0.273 e. The van der Waals surface area contributed by atoms with Crippen LogP contribution in [0.4, 0.5) is 5.69 Å². The minimum absolute atomic E-state index is 0.318. The molecule has 0 aliphatic carbocycles. The van der Waals surface area contributed by atoms with Crippen LogP contribution in [0.5, 0.6) is 0 Å². The first-order valence-corrected chi connectivity index (χ1v) is 8.33. The largest absolute Gasteiger partial charge is 0.355 e. The zero-order valence-electron chi connectivity index (χ0n) is 15.3. The minimum Gasteiger partial charge on any atom is -0.355 e. The van der Waals surface area contributed by atoms with Crippen LogP contribution < -0.4 is 10.6 Å². The first-order valence-electron chi connectivity index (χ1n) is 7.95. The first kappa shape index (κ1) is 19.0. The lowest BCUT2D eigenvalue weighted by Crippen LogP contribution is -2.30. The van der Waals surface area contributed by atoms with E-state index >= 15 is 0 Å². The van der Waals surface area contributed by atoms with Crippen molar-refractivity contribution in [1.29, 1.82) is 0 Å². The fraction of sp³-hybridized carbons (Fsp3) is 0.389. The predicted octanol–water partition coefficient (Wildman–Crippen LogP) is 3.52. The van der Waals surface area contributed by atoms with Crippen molar-refractivity contribution in [2.24, 2.45) is 0 Å². The van der Waals surface area contributed by atoms with Gasteiger partial charge in [-0.1, -0.05) is 11.6 Å². The average Bonchev–Trinajstić information content (AvgIpc) is 2.91. The second-order valence-electron chi connectivity index (χ2n) is 6.93. The van der Waals surface area contributed by atoms with Crippen LogP contribution in [0, 0.1) is 13.8 Å². The number of nitrogens with zero attached hydrogens (tertiary/aromatic N) is 2. The number of benzene rings is 1. The van der Waals surface area contributed by atoms with Crippen LogP contribution in [0.1, 0.15) is 52.9 Å². The van der Waals surface area contributed by atoms with Crippen LogP contribution in [0.25, 0.3) is 0 Å². The van der Waals surface area contributed by atoms with E-state index in [0.29, 0.717) is 27.5 Å². The van der Waals surface area contributed by atoms with E-state index in [1.54, 1.807) is 23.7 Å². The third kappa shape index (κ3) is 4.02. The number of carbonyl (C=O) groups excluding carboxylic acids is 2. The summed E-state index contributed by atoms with van der Waals surface area (Å²) in [6.45, 7) is 9.54. The summed E-state index contributed by atoms with van der Waals surface area (Å²) in [6, 6.07) is 4.97. The number of hydrogen-bond acceptors (Lipinski definition) is 3. The molecule has 0 atom stereocenters. The second-order valence-corrected chi connectivity index (χ2v) is 7.37. The lowest BCUT2D eigenvalue weighted by molar-refractivity contribution is 0.0964. The highest BCUT2D eigenvalue weighted by molar-refractivity contribution is 6.31. The number of rotatable bonds is 3. The van der Waals surface area contributed by atoms with Gasteiger partial charge >= 0.3 is 0 Å². The lowest BCUT2D eigenvalue weighted by Gasteiger charge is -2.22. The number of aryl methyl sites for hydroxylation is 2. The van der Waals surface area contributed by atoms with Crippen molar-refractivity contribution < 1.29 is 9.59 Å². The van der Waals surface area contributed by atoms with Gasteiger partial charge in [-0.25, -0.2) is 0 Å². The van der Waals surface area contributed by atoms with Gasteiger partial charge in [0.05, 0.1) is 22.5 Å². The van der Waals surface area contributed by atoms with Gasteiger partial charge in [0.1, 0.15) is 5.69 Å². The fourth-order valence-corrected chi connectivity index (χ4v) is 2.85. The Labute approximate surface area is 152 Å². The van der Waals surface area contributed by atoms with Crippen molar-refractivity contribution in [3.63, 3.8) is 0 Å². The summed E-state index contributed by atoms with van der Waals surface area (Å²) in [5.74, 6) is -0.646. The van der Waals surface area contributed by atoms with Crippen LogP contribution in [-0.4, -0.2) is 28.6 Å². The third-order valence-corrected chi connectivity index (χ3v) is 3.93. The molecule has 0 radical (unpaired) electrons. The van der Waals surface area contributed by atoms with Gasteiger partial charge in [0.25, 0.3) is 11.8 Å². The highest BCUT2D eigenvalue weighted by atomic mass is 35.5. The molecule has 134 valence electrons. The molecule has 1 aromatic heterocycles. The summed E-state index contributed by atoms with van der Waals surface area (Å²) < 4.78 is 1.68.